The molecule has 0 atom stereocenters. The van der Waals surface area contributed by atoms with Crippen molar-refractivity contribution < 1.29 is 18.7 Å². The Bertz CT molecular complexity index is 1370. The van der Waals surface area contributed by atoms with Crippen molar-refractivity contribution in [1.82, 2.24) is 34.7 Å². The number of carboxylic acid groups (broad SMARTS) is 1. The lowest BCUT2D eigenvalue weighted by atomic mass is 9.96. The molecule has 4 heterocycles. The summed E-state index contributed by atoms with van der Waals surface area (Å²) in [5.74, 6) is -0.0425. The van der Waals surface area contributed by atoms with Gasteiger partial charge in [0.15, 0.2) is 11.5 Å². The van der Waals surface area contributed by atoms with E-state index in [0.29, 0.717) is 60.3 Å². The van der Waals surface area contributed by atoms with Crippen LogP contribution < -0.4 is 0 Å². The van der Waals surface area contributed by atoms with Gasteiger partial charge in [-0.25, -0.2) is 18.6 Å². The fourth-order valence-electron chi connectivity index (χ4n) is 4.29. The number of amides is 1. The Balaban J connectivity index is 1.61. The first kappa shape index (κ1) is 21.9. The first-order chi connectivity index (χ1) is 16.3. The highest BCUT2D eigenvalue weighted by molar-refractivity contribution is 5.77. The van der Waals surface area contributed by atoms with Crippen LogP contribution in [0.15, 0.2) is 30.3 Å². The first-order valence-corrected chi connectivity index (χ1v) is 11.1. The van der Waals surface area contributed by atoms with E-state index in [4.69, 9.17) is 10.1 Å². The summed E-state index contributed by atoms with van der Waals surface area (Å²) in [6, 6.07) is 6.90. The number of fused-ring (bicyclic) bond motifs is 1. The third kappa shape index (κ3) is 3.87. The minimum absolute atomic E-state index is 0.0310. The number of nitrogens with zero attached hydrogens (tertiary/aromatic N) is 6. The molecule has 0 spiro atoms. The molecule has 34 heavy (non-hydrogen) atoms. The molecule has 2 N–H and O–H groups in total. The monoisotopic (exact) mass is 467 g/mol. The van der Waals surface area contributed by atoms with Crippen molar-refractivity contribution in [3.8, 4) is 22.6 Å². The molecular weight excluding hydrogens is 444 g/mol. The number of nitrogens with one attached hydrogen (secondary N) is 1. The van der Waals surface area contributed by atoms with Gasteiger partial charge in [0.25, 0.3) is 0 Å². The lowest BCUT2D eigenvalue weighted by molar-refractivity contribution is 0.131. The third-order valence-corrected chi connectivity index (χ3v) is 6.12. The maximum absolute atomic E-state index is 14.8. The van der Waals surface area contributed by atoms with E-state index in [1.807, 2.05) is 13.8 Å². The summed E-state index contributed by atoms with van der Waals surface area (Å²) in [7, 11) is 0. The number of rotatable bonds is 4. The van der Waals surface area contributed by atoms with Crippen LogP contribution in [0.3, 0.4) is 0 Å². The molecule has 0 radical (unpaired) electrons. The molecule has 5 rings (SSSR count). The average molecular weight is 467 g/mol. The van der Waals surface area contributed by atoms with E-state index in [1.54, 1.807) is 16.6 Å². The molecule has 9 nitrogen and oxygen atoms in total. The van der Waals surface area contributed by atoms with Gasteiger partial charge in [-0.3, -0.25) is 0 Å². The van der Waals surface area contributed by atoms with E-state index in [-0.39, 0.29) is 17.4 Å². The SMILES string of the molecule is CC(C)c1nnc2ccc(-c3[nH]c(C4CCN(C(=O)O)CC4)nc3-c3ccc(F)cc3F)nn12. The number of imidazole rings is 1. The summed E-state index contributed by atoms with van der Waals surface area (Å²) in [5, 5.41) is 22.3. The largest absolute Gasteiger partial charge is 0.465 e. The van der Waals surface area contributed by atoms with Gasteiger partial charge in [0.1, 0.15) is 28.8 Å². The number of H-pyrrole nitrogens is 1. The Kier molecular flexibility index (Phi) is 5.46. The zero-order chi connectivity index (χ0) is 24.0. The van der Waals surface area contributed by atoms with E-state index in [9.17, 15) is 18.7 Å². The second-order valence-electron chi connectivity index (χ2n) is 8.72. The van der Waals surface area contributed by atoms with Crippen LogP contribution in [0.1, 0.15) is 50.2 Å². The summed E-state index contributed by atoms with van der Waals surface area (Å²) in [6.45, 7) is 4.75. The Hall–Kier alpha value is -3.89. The van der Waals surface area contributed by atoms with Gasteiger partial charge in [0.2, 0.25) is 0 Å². The van der Waals surface area contributed by atoms with Crippen molar-refractivity contribution in [2.45, 2.75) is 38.5 Å². The van der Waals surface area contributed by atoms with Crippen LogP contribution in [0.2, 0.25) is 0 Å². The summed E-state index contributed by atoms with van der Waals surface area (Å²) in [4.78, 5) is 20.6. The van der Waals surface area contributed by atoms with Crippen molar-refractivity contribution in [2.24, 2.45) is 0 Å². The van der Waals surface area contributed by atoms with E-state index < -0.39 is 17.7 Å². The molecule has 0 saturated carbocycles. The molecule has 11 heteroatoms. The lowest BCUT2D eigenvalue weighted by Gasteiger charge is -2.28. The second-order valence-corrected chi connectivity index (χ2v) is 8.72. The molecule has 176 valence electrons. The predicted octanol–water partition coefficient (Wildman–Crippen LogP) is 4.44. The number of carbonyl (C=O) groups is 1. The predicted molar refractivity (Wildman–Crippen MR) is 119 cm³/mol. The average Bonchev–Trinajstić information content (AvgIpc) is 3.43. The van der Waals surface area contributed by atoms with E-state index in [2.05, 4.69) is 15.2 Å². The van der Waals surface area contributed by atoms with Crippen LogP contribution in [0, 0.1) is 11.6 Å². The van der Waals surface area contributed by atoms with Crippen molar-refractivity contribution in [3.05, 3.63) is 53.6 Å². The highest BCUT2D eigenvalue weighted by Gasteiger charge is 2.28. The van der Waals surface area contributed by atoms with Gasteiger partial charge in [0, 0.05) is 36.6 Å². The van der Waals surface area contributed by atoms with Crippen molar-refractivity contribution >= 4 is 11.7 Å². The molecule has 0 aliphatic carbocycles. The van der Waals surface area contributed by atoms with Crippen LogP contribution in [0.25, 0.3) is 28.3 Å². The van der Waals surface area contributed by atoms with Gasteiger partial charge in [-0.2, -0.15) is 9.61 Å². The van der Waals surface area contributed by atoms with Crippen LogP contribution in [0.5, 0.6) is 0 Å². The van der Waals surface area contributed by atoms with Crippen molar-refractivity contribution in [3.63, 3.8) is 0 Å². The summed E-state index contributed by atoms with van der Waals surface area (Å²) >= 11 is 0. The van der Waals surface area contributed by atoms with Crippen LogP contribution in [-0.2, 0) is 0 Å². The molecular formula is C23H23F2N7O2. The zero-order valence-corrected chi connectivity index (χ0v) is 18.7. The molecule has 1 aromatic carbocycles. The molecule has 4 aromatic rings. The number of piperidine rings is 1. The van der Waals surface area contributed by atoms with Crippen LogP contribution in [0.4, 0.5) is 13.6 Å². The number of likely N-dealkylation sites (tertiary alicyclic amines) is 1. The number of hydrogen-bond donors (Lipinski definition) is 2. The number of halogens is 2. The Morgan fingerprint density at radius 1 is 1.15 bits per heavy atom. The maximum atomic E-state index is 14.8. The first-order valence-electron chi connectivity index (χ1n) is 11.1. The molecule has 3 aromatic heterocycles. The van der Waals surface area contributed by atoms with Gasteiger partial charge in [-0.15, -0.1) is 10.2 Å². The van der Waals surface area contributed by atoms with Crippen LogP contribution in [-0.4, -0.2) is 59.0 Å². The quantitative estimate of drug-likeness (QED) is 0.459. The summed E-state index contributed by atoms with van der Waals surface area (Å²) in [5.41, 5.74) is 2.06. The Morgan fingerprint density at radius 3 is 2.59 bits per heavy atom. The standard InChI is InChI=1S/C23H23F2N7O2/c1-12(2)22-29-28-18-6-5-17(30-32(18)22)20-19(15-4-3-14(24)11-16(15)25)26-21(27-20)13-7-9-31(10-8-13)23(33)34/h3-6,11-13H,7-10H2,1-2H3,(H,26,27)(H,33,34). The minimum atomic E-state index is -0.944. The highest BCUT2D eigenvalue weighted by atomic mass is 19.1. The summed E-state index contributed by atoms with van der Waals surface area (Å²) in [6.07, 6.45) is 0.222. The van der Waals surface area contributed by atoms with Gasteiger partial charge in [-0.05, 0) is 37.1 Å². The fraction of sp³-hybridized carbons (Fsp3) is 0.348. The minimum Gasteiger partial charge on any atom is -0.465 e. The van der Waals surface area contributed by atoms with E-state index >= 15 is 0 Å². The topological polar surface area (TPSA) is 112 Å². The molecule has 1 aliphatic heterocycles. The highest BCUT2D eigenvalue weighted by Crippen LogP contribution is 2.35. The smallest absolute Gasteiger partial charge is 0.407 e. The molecule has 1 aliphatic rings. The zero-order valence-electron chi connectivity index (χ0n) is 18.7. The van der Waals surface area contributed by atoms with Gasteiger partial charge in [-0.1, -0.05) is 13.8 Å². The fourth-order valence-corrected chi connectivity index (χ4v) is 4.29. The number of benzene rings is 1. The van der Waals surface area contributed by atoms with E-state index in [1.165, 1.54) is 17.0 Å². The molecule has 0 unspecified atom stereocenters. The number of aromatic amines is 1. The maximum Gasteiger partial charge on any atom is 0.407 e. The van der Waals surface area contributed by atoms with E-state index in [0.717, 1.165) is 6.07 Å². The number of aromatic nitrogens is 6. The molecule has 1 amide bonds. The Morgan fingerprint density at radius 2 is 1.91 bits per heavy atom. The third-order valence-electron chi connectivity index (χ3n) is 6.12. The molecule has 1 saturated heterocycles. The van der Waals surface area contributed by atoms with Gasteiger partial charge >= 0.3 is 6.09 Å². The Labute approximate surface area is 193 Å². The summed E-state index contributed by atoms with van der Waals surface area (Å²) < 4.78 is 30.0. The van der Waals surface area contributed by atoms with Crippen LogP contribution >= 0.6 is 0 Å². The normalized spacial score (nSPS) is 14.9. The number of hydrogen-bond acceptors (Lipinski definition) is 5. The van der Waals surface area contributed by atoms with Crippen molar-refractivity contribution in [1.29, 1.82) is 0 Å². The van der Waals surface area contributed by atoms with Gasteiger partial charge in [0.05, 0.1) is 5.69 Å². The lowest BCUT2D eigenvalue weighted by Crippen LogP contribution is -2.37. The molecule has 1 fully saturated rings. The van der Waals surface area contributed by atoms with Crippen molar-refractivity contribution in [2.75, 3.05) is 13.1 Å². The van der Waals surface area contributed by atoms with Gasteiger partial charge < -0.3 is 15.0 Å². The second kappa shape index (κ2) is 8.47. The molecule has 0 bridgehead atoms.